The van der Waals surface area contributed by atoms with Crippen LogP contribution >= 0.6 is 0 Å². The second-order valence-corrected chi connectivity index (χ2v) is 6.20. The van der Waals surface area contributed by atoms with Crippen LogP contribution in [0, 0.1) is 18.3 Å². The monoisotopic (exact) mass is 394 g/mol. The highest BCUT2D eigenvalue weighted by Gasteiger charge is 2.13. The summed E-state index contributed by atoms with van der Waals surface area (Å²) in [6.45, 7) is 8.45. The predicted molar refractivity (Wildman–Crippen MR) is 114 cm³/mol. The fraction of sp³-hybridized carbons (Fsp3) is 0.318. The molecule has 0 aliphatic heterocycles. The molecule has 0 bridgehead atoms. The van der Waals surface area contributed by atoms with E-state index in [1.807, 2.05) is 38.1 Å². The van der Waals surface area contributed by atoms with Crippen molar-refractivity contribution in [2.45, 2.75) is 26.9 Å². The summed E-state index contributed by atoms with van der Waals surface area (Å²) in [6, 6.07) is 7.80. The zero-order valence-electron chi connectivity index (χ0n) is 17.3. The number of benzene rings is 1. The van der Waals surface area contributed by atoms with Crippen molar-refractivity contribution >= 4 is 12.0 Å². The van der Waals surface area contributed by atoms with Gasteiger partial charge in [0.25, 0.3) is 0 Å². The number of hydrazone groups is 1. The van der Waals surface area contributed by atoms with Gasteiger partial charge in [0.15, 0.2) is 17.3 Å². The van der Waals surface area contributed by atoms with Crippen LogP contribution in [0.15, 0.2) is 36.0 Å². The summed E-state index contributed by atoms with van der Waals surface area (Å²) in [5.41, 5.74) is 6.58. The Morgan fingerprint density at radius 3 is 2.69 bits per heavy atom. The van der Waals surface area contributed by atoms with E-state index in [1.54, 1.807) is 20.4 Å². The molecule has 0 radical (unpaired) electrons. The number of ether oxygens (including phenoxy) is 3. The number of pyridine rings is 1. The Hall–Kier alpha value is -3.37. The molecular formula is C22H26N4O3. The Morgan fingerprint density at radius 2 is 2.07 bits per heavy atom. The summed E-state index contributed by atoms with van der Waals surface area (Å²) in [7, 11) is 3.18. The number of aromatic nitrogens is 1. The Morgan fingerprint density at radius 1 is 1.28 bits per heavy atom. The average Bonchev–Trinajstić information content (AvgIpc) is 2.70. The maximum atomic E-state index is 9.50. The van der Waals surface area contributed by atoms with Gasteiger partial charge in [-0.05, 0) is 44.0 Å². The number of hydrogen-bond donors (Lipinski definition) is 1. The molecule has 29 heavy (non-hydrogen) atoms. The fourth-order valence-electron chi connectivity index (χ4n) is 2.91. The molecule has 0 fully saturated rings. The summed E-state index contributed by atoms with van der Waals surface area (Å²) in [5, 5.41) is 13.8. The van der Waals surface area contributed by atoms with Gasteiger partial charge >= 0.3 is 0 Å². The molecule has 0 saturated heterocycles. The van der Waals surface area contributed by atoms with Crippen LogP contribution < -0.4 is 14.9 Å². The van der Waals surface area contributed by atoms with Crippen molar-refractivity contribution in [1.29, 1.82) is 5.26 Å². The van der Waals surface area contributed by atoms with E-state index in [0.717, 1.165) is 22.4 Å². The van der Waals surface area contributed by atoms with Crippen molar-refractivity contribution in [3.63, 3.8) is 0 Å². The molecule has 152 valence electrons. The van der Waals surface area contributed by atoms with E-state index < -0.39 is 0 Å². The molecule has 2 rings (SSSR count). The minimum absolute atomic E-state index is 0.325. The minimum Gasteiger partial charge on any atom is -0.493 e. The molecule has 1 heterocycles. The number of nitrogens with one attached hydrogen (secondary N) is 1. The molecule has 1 N–H and O–H groups in total. The predicted octanol–water partition coefficient (Wildman–Crippen LogP) is 3.99. The first-order valence-electron chi connectivity index (χ1n) is 9.21. The molecule has 0 saturated carbocycles. The fourth-order valence-corrected chi connectivity index (χ4v) is 2.91. The van der Waals surface area contributed by atoms with Crippen molar-refractivity contribution in [2.75, 3.05) is 26.3 Å². The van der Waals surface area contributed by atoms with Crippen LogP contribution in [0.2, 0.25) is 0 Å². The van der Waals surface area contributed by atoms with E-state index in [0.29, 0.717) is 42.5 Å². The smallest absolute Gasteiger partial charge is 0.164 e. The molecule has 0 aliphatic rings. The summed E-state index contributed by atoms with van der Waals surface area (Å²) in [4.78, 5) is 4.38. The first-order chi connectivity index (χ1) is 14.1. The van der Waals surface area contributed by atoms with E-state index in [-0.39, 0.29) is 0 Å². The van der Waals surface area contributed by atoms with Crippen molar-refractivity contribution < 1.29 is 14.2 Å². The molecule has 7 heteroatoms. The third-order valence-electron chi connectivity index (χ3n) is 4.05. The highest BCUT2D eigenvalue weighted by atomic mass is 16.5. The number of nitrogens with zero attached hydrogens (tertiary/aromatic N) is 3. The maximum Gasteiger partial charge on any atom is 0.164 e. The van der Waals surface area contributed by atoms with E-state index in [4.69, 9.17) is 14.2 Å². The lowest BCUT2D eigenvalue weighted by atomic mass is 10.1. The Kier molecular flexibility index (Phi) is 8.19. The molecule has 0 spiro atoms. The van der Waals surface area contributed by atoms with Crippen molar-refractivity contribution in [2.24, 2.45) is 5.10 Å². The Balaban J connectivity index is 2.34. The van der Waals surface area contributed by atoms with Crippen molar-refractivity contribution in [3.8, 4) is 17.6 Å². The first-order valence-corrected chi connectivity index (χ1v) is 9.21. The Bertz CT molecular complexity index is 933. The number of methoxy groups -OCH3 is 2. The molecule has 0 aliphatic carbocycles. The van der Waals surface area contributed by atoms with E-state index in [9.17, 15) is 5.26 Å². The zero-order valence-corrected chi connectivity index (χ0v) is 17.3. The number of rotatable bonds is 10. The maximum absolute atomic E-state index is 9.50. The topological polar surface area (TPSA) is 88.8 Å². The molecule has 0 unspecified atom stereocenters. The molecule has 1 aromatic heterocycles. The highest BCUT2D eigenvalue weighted by molar-refractivity contribution is 5.82. The summed E-state index contributed by atoms with van der Waals surface area (Å²) >= 11 is 0. The van der Waals surface area contributed by atoms with Crippen LogP contribution in [0.4, 0.5) is 5.82 Å². The lowest BCUT2D eigenvalue weighted by molar-refractivity contribution is 0.184. The molecule has 0 atom stereocenters. The third kappa shape index (κ3) is 5.56. The molecule has 0 amide bonds. The minimum atomic E-state index is 0.325. The van der Waals surface area contributed by atoms with E-state index >= 15 is 0 Å². The standard InChI is InChI=1S/C22H26N4O3/c1-6-8-17-10-16(11-20(28-5)21(17)29-7-2)13-24-26-22-19(12-23)18(14-27-4)9-15(3)25-22/h6,9-11,13H,1,7-8,14H2,2-5H3,(H,25,26)/b24-13+. The number of anilines is 1. The number of nitriles is 1. The normalized spacial score (nSPS) is 10.6. The van der Waals surface area contributed by atoms with E-state index in [2.05, 4.69) is 28.2 Å². The van der Waals surface area contributed by atoms with Crippen molar-refractivity contribution in [3.05, 3.63) is 58.8 Å². The van der Waals surface area contributed by atoms with Gasteiger partial charge in [0.05, 0.1) is 26.5 Å². The van der Waals surface area contributed by atoms with Crippen LogP contribution in [0.3, 0.4) is 0 Å². The van der Waals surface area contributed by atoms with Gasteiger partial charge in [-0.3, -0.25) is 5.43 Å². The second kappa shape index (κ2) is 10.8. The lowest BCUT2D eigenvalue weighted by Gasteiger charge is -2.14. The van der Waals surface area contributed by atoms with Gasteiger partial charge in [-0.2, -0.15) is 10.4 Å². The van der Waals surface area contributed by atoms with Crippen LogP contribution in [-0.2, 0) is 17.8 Å². The first kappa shape index (κ1) is 21.9. The average molecular weight is 394 g/mol. The van der Waals surface area contributed by atoms with Gasteiger partial charge in [0.1, 0.15) is 11.6 Å². The molecule has 7 nitrogen and oxygen atoms in total. The van der Waals surface area contributed by atoms with Gasteiger partial charge < -0.3 is 14.2 Å². The van der Waals surface area contributed by atoms with Crippen LogP contribution in [0.5, 0.6) is 11.5 Å². The molecule has 1 aromatic carbocycles. The SMILES string of the molecule is C=CCc1cc(/C=N/Nc2nc(C)cc(COC)c2C#N)cc(OC)c1OCC. The molecule has 2 aromatic rings. The van der Waals surface area contributed by atoms with Crippen LogP contribution in [0.25, 0.3) is 0 Å². The van der Waals surface area contributed by atoms with Gasteiger partial charge in [-0.15, -0.1) is 6.58 Å². The zero-order chi connectivity index (χ0) is 21.2. The largest absolute Gasteiger partial charge is 0.493 e. The van der Waals surface area contributed by atoms with Crippen LogP contribution in [-0.4, -0.2) is 32.0 Å². The lowest BCUT2D eigenvalue weighted by Crippen LogP contribution is -2.04. The number of aryl methyl sites for hydroxylation is 1. The number of hydrogen-bond acceptors (Lipinski definition) is 7. The molecular weight excluding hydrogens is 368 g/mol. The summed E-state index contributed by atoms with van der Waals surface area (Å²) in [5.74, 6) is 1.72. The highest BCUT2D eigenvalue weighted by Crippen LogP contribution is 2.33. The quantitative estimate of drug-likeness (QED) is 0.372. The number of allylic oxidation sites excluding steroid dienone is 1. The second-order valence-electron chi connectivity index (χ2n) is 6.20. The third-order valence-corrected chi connectivity index (χ3v) is 4.05. The summed E-state index contributed by atoms with van der Waals surface area (Å²) < 4.78 is 16.4. The van der Waals surface area contributed by atoms with Gasteiger partial charge in [-0.25, -0.2) is 4.98 Å². The Labute approximate surface area is 171 Å². The van der Waals surface area contributed by atoms with Gasteiger partial charge in [0.2, 0.25) is 0 Å². The van der Waals surface area contributed by atoms with Crippen LogP contribution in [0.1, 0.15) is 34.9 Å². The summed E-state index contributed by atoms with van der Waals surface area (Å²) in [6.07, 6.45) is 4.09. The van der Waals surface area contributed by atoms with E-state index in [1.165, 1.54) is 0 Å². The van der Waals surface area contributed by atoms with Gasteiger partial charge in [0, 0.05) is 23.9 Å². The van der Waals surface area contributed by atoms with Crippen molar-refractivity contribution in [1.82, 2.24) is 4.98 Å². The van der Waals surface area contributed by atoms with Gasteiger partial charge in [-0.1, -0.05) is 6.08 Å².